The maximum atomic E-state index is 14.8. The lowest BCUT2D eigenvalue weighted by Crippen LogP contribution is -2.59. The number of aliphatic hydroxyl groups excluding tert-OH is 1. The van der Waals surface area contributed by atoms with Crippen LogP contribution in [0.15, 0.2) is 86.0 Å². The zero-order valence-electron chi connectivity index (χ0n) is 25.4. The van der Waals surface area contributed by atoms with Crippen LogP contribution in [-0.4, -0.2) is 80.9 Å². The van der Waals surface area contributed by atoms with Crippen molar-refractivity contribution in [2.75, 3.05) is 24.6 Å². The maximum absolute atomic E-state index is 14.8. The van der Waals surface area contributed by atoms with Crippen molar-refractivity contribution in [2.45, 2.75) is 61.8 Å². The molecule has 3 amide bonds. The van der Waals surface area contributed by atoms with E-state index in [1.807, 2.05) is 74.5 Å². The molecule has 44 heavy (non-hydrogen) atoms. The number of alkyl halides is 1. The van der Waals surface area contributed by atoms with Crippen LogP contribution in [0, 0.1) is 17.8 Å². The fourth-order valence-corrected chi connectivity index (χ4v) is 8.35. The van der Waals surface area contributed by atoms with E-state index in [0.717, 1.165) is 5.56 Å². The molecule has 2 aromatic carbocycles. The number of fused-ring (bicyclic) bond motifs is 1. The highest BCUT2D eigenvalue weighted by Crippen LogP contribution is 2.61. The lowest BCUT2D eigenvalue weighted by atomic mass is 9.70. The Labute approximate surface area is 268 Å². The van der Waals surface area contributed by atoms with Gasteiger partial charge in [-0.05, 0) is 30.0 Å². The number of likely N-dealkylation sites (tertiary alicyclic amines) is 1. The van der Waals surface area contributed by atoms with Gasteiger partial charge in [0, 0.05) is 30.1 Å². The second kappa shape index (κ2) is 13.4. The Kier molecular flexibility index (Phi) is 9.77. The summed E-state index contributed by atoms with van der Waals surface area (Å²) in [5, 5.41) is 10.7. The van der Waals surface area contributed by atoms with E-state index >= 15 is 0 Å². The first-order chi connectivity index (χ1) is 21.2. The third-order valence-corrected chi connectivity index (χ3v) is 10.5. The number of halogens is 1. The molecule has 3 aliphatic heterocycles. The number of carbonyl (C=O) groups is 3. The smallest absolute Gasteiger partial charge is 0.249 e. The van der Waals surface area contributed by atoms with Crippen molar-refractivity contribution >= 4 is 39.3 Å². The Balaban J connectivity index is 1.61. The predicted molar refractivity (Wildman–Crippen MR) is 174 cm³/mol. The maximum Gasteiger partial charge on any atom is 0.249 e. The van der Waals surface area contributed by atoms with Gasteiger partial charge in [-0.1, -0.05) is 96.9 Å². The van der Waals surface area contributed by atoms with E-state index in [0.29, 0.717) is 25.1 Å². The first kappa shape index (κ1) is 32.1. The number of hydrogen-bond donors (Lipinski definition) is 1. The quantitative estimate of drug-likeness (QED) is 0.250. The van der Waals surface area contributed by atoms with Crippen molar-refractivity contribution in [3.8, 4) is 0 Å². The van der Waals surface area contributed by atoms with Gasteiger partial charge in [-0.2, -0.15) is 0 Å². The molecule has 8 nitrogen and oxygen atoms in total. The molecular weight excluding hydrogens is 622 g/mol. The van der Waals surface area contributed by atoms with Crippen LogP contribution < -0.4 is 4.90 Å². The zero-order valence-corrected chi connectivity index (χ0v) is 27.0. The third kappa shape index (κ3) is 5.43. The molecule has 5 rings (SSSR count). The number of rotatable bonds is 13. The first-order valence-electron chi connectivity index (χ1n) is 15.4. The molecular formula is C35H42BrN3O5. The summed E-state index contributed by atoms with van der Waals surface area (Å²) < 4.78 is 6.78. The van der Waals surface area contributed by atoms with Gasteiger partial charge in [0.1, 0.15) is 11.6 Å². The minimum atomic E-state index is -1.24. The molecule has 9 heteroatoms. The number of anilines is 1. The lowest BCUT2D eigenvalue weighted by molar-refractivity contribution is -0.152. The van der Waals surface area contributed by atoms with Crippen LogP contribution in [0.25, 0.3) is 0 Å². The fourth-order valence-electron chi connectivity index (χ4n) is 7.41. The minimum Gasteiger partial charge on any atom is -0.394 e. The number of carbonyl (C=O) groups excluding carboxylic acids is 3. The average molecular weight is 665 g/mol. The van der Waals surface area contributed by atoms with Crippen molar-refractivity contribution in [3.63, 3.8) is 0 Å². The normalized spacial score (nSPS) is 28.3. The van der Waals surface area contributed by atoms with E-state index in [4.69, 9.17) is 4.74 Å². The van der Waals surface area contributed by atoms with Crippen LogP contribution in [0.2, 0.25) is 0 Å². The summed E-state index contributed by atoms with van der Waals surface area (Å²) in [5.74, 6) is -2.61. The van der Waals surface area contributed by atoms with Gasteiger partial charge in [0.2, 0.25) is 17.7 Å². The van der Waals surface area contributed by atoms with E-state index < -0.39 is 35.6 Å². The molecule has 0 radical (unpaired) electrons. The van der Waals surface area contributed by atoms with E-state index in [2.05, 4.69) is 29.1 Å². The zero-order chi connectivity index (χ0) is 31.6. The van der Waals surface area contributed by atoms with Crippen LogP contribution in [0.1, 0.15) is 32.3 Å². The molecule has 8 atom stereocenters. The van der Waals surface area contributed by atoms with Crippen molar-refractivity contribution in [2.24, 2.45) is 17.8 Å². The van der Waals surface area contributed by atoms with Crippen molar-refractivity contribution in [3.05, 3.63) is 91.5 Å². The molecule has 0 aliphatic carbocycles. The lowest BCUT2D eigenvalue weighted by Gasteiger charge is -2.41. The van der Waals surface area contributed by atoms with Gasteiger partial charge >= 0.3 is 0 Å². The topological polar surface area (TPSA) is 90.4 Å². The second-order valence-corrected chi connectivity index (χ2v) is 13.3. The van der Waals surface area contributed by atoms with Crippen LogP contribution in [0.4, 0.5) is 5.69 Å². The summed E-state index contributed by atoms with van der Waals surface area (Å²) in [4.78, 5) is 48.7. The number of aliphatic hydroxyl groups is 1. The molecule has 1 spiro atoms. The Morgan fingerprint density at radius 2 is 1.73 bits per heavy atom. The van der Waals surface area contributed by atoms with Crippen LogP contribution in [-0.2, 0) is 25.7 Å². The summed E-state index contributed by atoms with van der Waals surface area (Å²) in [6, 6.07) is 17.4. The molecule has 2 bridgehead atoms. The Hall–Kier alpha value is -3.27. The molecule has 2 aromatic rings. The summed E-state index contributed by atoms with van der Waals surface area (Å²) in [7, 11) is 0. The molecule has 3 fully saturated rings. The van der Waals surface area contributed by atoms with Crippen LogP contribution >= 0.6 is 15.9 Å². The monoisotopic (exact) mass is 663 g/mol. The number of amides is 3. The molecule has 3 unspecified atom stereocenters. The van der Waals surface area contributed by atoms with Gasteiger partial charge < -0.3 is 24.5 Å². The van der Waals surface area contributed by atoms with E-state index in [1.54, 1.807) is 26.9 Å². The summed E-state index contributed by atoms with van der Waals surface area (Å²) in [5.41, 5.74) is 0.406. The van der Waals surface area contributed by atoms with Gasteiger partial charge in [0.25, 0.3) is 0 Å². The number of para-hydroxylation sites is 1. The SMILES string of the molecule is C=CCN(Cc1ccccc1)C(=O)C1N([C@@H](CO)[C@@H](C)CC)C(=O)[C@@H]2[C@H](C(=O)N(CC=C)c3ccccc3)[C@H]3OC12CC3Br. The van der Waals surface area contributed by atoms with Crippen molar-refractivity contribution in [1.82, 2.24) is 9.80 Å². The molecule has 1 N–H and O–H groups in total. The van der Waals surface area contributed by atoms with Crippen molar-refractivity contribution < 1.29 is 24.2 Å². The van der Waals surface area contributed by atoms with Gasteiger partial charge in [-0.15, -0.1) is 13.2 Å². The highest BCUT2D eigenvalue weighted by atomic mass is 79.9. The summed E-state index contributed by atoms with van der Waals surface area (Å²) >= 11 is 3.78. The van der Waals surface area contributed by atoms with Crippen LogP contribution in [0.5, 0.6) is 0 Å². The number of nitrogens with zero attached hydrogens (tertiary/aromatic N) is 3. The fraction of sp³-hybridized carbons (Fsp3) is 0.457. The number of hydrogen-bond acceptors (Lipinski definition) is 5. The molecule has 3 saturated heterocycles. The Morgan fingerprint density at radius 3 is 2.32 bits per heavy atom. The van der Waals surface area contributed by atoms with E-state index in [-0.39, 0.29) is 48.2 Å². The van der Waals surface area contributed by atoms with Gasteiger partial charge in [0.15, 0.2) is 0 Å². The number of benzene rings is 2. The predicted octanol–water partition coefficient (Wildman–Crippen LogP) is 4.58. The standard InChI is InChI=1S/C35H42BrN3O5/c1-5-18-37(21-24-14-10-8-11-15-24)34(43)31-35-20-26(36)30(44-35)28(29(35)33(42)39(31)27(22-40)23(4)7-3)32(41)38(19-6-2)25-16-12-9-13-17-25/h5-6,8-17,23,26-31,40H,1-2,7,18-22H2,3-4H3/t23-,26?,27-,28-,29-,30-,31?,35?/m0/s1. The molecule has 0 saturated carbocycles. The largest absolute Gasteiger partial charge is 0.394 e. The molecule has 3 aliphatic rings. The Bertz CT molecular complexity index is 1370. The third-order valence-electron chi connectivity index (χ3n) is 9.61. The summed E-state index contributed by atoms with van der Waals surface area (Å²) in [6.07, 6.45) is 3.83. The van der Waals surface area contributed by atoms with Crippen LogP contribution in [0.3, 0.4) is 0 Å². The van der Waals surface area contributed by atoms with Gasteiger partial charge in [-0.25, -0.2) is 0 Å². The Morgan fingerprint density at radius 1 is 1.09 bits per heavy atom. The highest BCUT2D eigenvalue weighted by Gasteiger charge is 2.77. The minimum absolute atomic E-state index is 0.0934. The van der Waals surface area contributed by atoms with Gasteiger partial charge in [0.05, 0.1) is 30.6 Å². The second-order valence-electron chi connectivity index (χ2n) is 12.1. The van der Waals surface area contributed by atoms with Gasteiger partial charge in [-0.3, -0.25) is 14.4 Å². The first-order valence-corrected chi connectivity index (χ1v) is 16.3. The average Bonchev–Trinajstić information content (AvgIpc) is 3.63. The number of ether oxygens (including phenoxy) is 1. The molecule has 0 aromatic heterocycles. The molecule has 3 heterocycles. The molecule has 234 valence electrons. The highest BCUT2D eigenvalue weighted by molar-refractivity contribution is 9.09. The van der Waals surface area contributed by atoms with E-state index in [1.165, 1.54) is 0 Å². The van der Waals surface area contributed by atoms with Crippen molar-refractivity contribution in [1.29, 1.82) is 0 Å². The summed E-state index contributed by atoms with van der Waals surface area (Å²) in [6.45, 7) is 12.3. The van der Waals surface area contributed by atoms with E-state index in [9.17, 15) is 19.5 Å².